The van der Waals surface area contributed by atoms with Crippen molar-refractivity contribution in [3.8, 4) is 0 Å². The molecule has 2 fully saturated rings. The van der Waals surface area contributed by atoms with E-state index in [-0.39, 0.29) is 5.41 Å². The monoisotopic (exact) mass is 266 g/mol. The van der Waals surface area contributed by atoms with Crippen LogP contribution in [0.25, 0.3) is 0 Å². The lowest BCUT2D eigenvalue weighted by molar-refractivity contribution is -0.150. The standard InChI is InChI=1S/C16H30N2O/c1-12-7-5-8-13(2)18(12)15(19)16(3,4)14-9-6-10-17-11-14/h12-14,17H,5-11H2,1-4H3/t12-,13+,14?. The van der Waals surface area contributed by atoms with Crippen molar-refractivity contribution in [1.82, 2.24) is 10.2 Å². The molecule has 0 saturated carbocycles. The van der Waals surface area contributed by atoms with Gasteiger partial charge in [0.1, 0.15) is 0 Å². The number of nitrogens with zero attached hydrogens (tertiary/aromatic N) is 1. The Morgan fingerprint density at radius 3 is 2.26 bits per heavy atom. The van der Waals surface area contributed by atoms with Gasteiger partial charge in [-0.3, -0.25) is 4.79 Å². The molecule has 0 aliphatic carbocycles. The first-order valence-electron chi connectivity index (χ1n) is 7.98. The quantitative estimate of drug-likeness (QED) is 0.833. The predicted octanol–water partition coefficient (Wildman–Crippen LogP) is 2.80. The van der Waals surface area contributed by atoms with Crippen molar-refractivity contribution in [3.63, 3.8) is 0 Å². The lowest BCUT2D eigenvalue weighted by atomic mass is 9.73. The summed E-state index contributed by atoms with van der Waals surface area (Å²) in [6, 6.07) is 0.819. The molecule has 2 heterocycles. The van der Waals surface area contributed by atoms with Gasteiger partial charge in [0.05, 0.1) is 0 Å². The lowest BCUT2D eigenvalue weighted by Crippen LogP contribution is -2.55. The number of piperidine rings is 2. The summed E-state index contributed by atoms with van der Waals surface area (Å²) in [5.41, 5.74) is -0.229. The molecule has 2 rings (SSSR count). The molecule has 1 amide bonds. The minimum Gasteiger partial charge on any atom is -0.337 e. The van der Waals surface area contributed by atoms with Gasteiger partial charge in [-0.2, -0.15) is 0 Å². The Bertz CT molecular complexity index is 311. The van der Waals surface area contributed by atoms with Crippen LogP contribution in [0.3, 0.4) is 0 Å². The topological polar surface area (TPSA) is 32.3 Å². The minimum absolute atomic E-state index is 0.229. The van der Waals surface area contributed by atoms with Crippen LogP contribution >= 0.6 is 0 Å². The zero-order valence-electron chi connectivity index (χ0n) is 13.0. The highest BCUT2D eigenvalue weighted by atomic mass is 16.2. The van der Waals surface area contributed by atoms with Gasteiger partial charge in [0.2, 0.25) is 5.91 Å². The number of likely N-dealkylation sites (tertiary alicyclic amines) is 1. The fraction of sp³-hybridized carbons (Fsp3) is 0.938. The van der Waals surface area contributed by atoms with Crippen LogP contribution in [-0.4, -0.2) is 36.0 Å². The molecule has 0 spiro atoms. The van der Waals surface area contributed by atoms with Gasteiger partial charge in [0.25, 0.3) is 0 Å². The van der Waals surface area contributed by atoms with E-state index in [0.29, 0.717) is 23.9 Å². The number of amides is 1. The summed E-state index contributed by atoms with van der Waals surface area (Å²) >= 11 is 0. The van der Waals surface area contributed by atoms with E-state index in [0.717, 1.165) is 25.9 Å². The van der Waals surface area contributed by atoms with Gasteiger partial charge in [0.15, 0.2) is 0 Å². The van der Waals surface area contributed by atoms with Crippen LogP contribution in [0.15, 0.2) is 0 Å². The summed E-state index contributed by atoms with van der Waals surface area (Å²) in [7, 11) is 0. The van der Waals surface area contributed by atoms with Gasteiger partial charge >= 0.3 is 0 Å². The molecule has 2 aliphatic rings. The average Bonchev–Trinajstić information content (AvgIpc) is 2.39. The molecule has 1 unspecified atom stereocenters. The molecule has 2 saturated heterocycles. The Labute approximate surface area is 118 Å². The Kier molecular flexibility index (Phi) is 4.54. The highest BCUT2D eigenvalue weighted by molar-refractivity contribution is 5.83. The van der Waals surface area contributed by atoms with Crippen molar-refractivity contribution in [2.24, 2.45) is 11.3 Å². The van der Waals surface area contributed by atoms with Crippen LogP contribution in [0, 0.1) is 11.3 Å². The number of carbonyl (C=O) groups is 1. The maximum absolute atomic E-state index is 13.0. The molecule has 0 aromatic carbocycles. The second-order valence-electron chi connectivity index (χ2n) is 7.11. The van der Waals surface area contributed by atoms with Crippen molar-refractivity contribution in [2.75, 3.05) is 13.1 Å². The van der Waals surface area contributed by atoms with Gasteiger partial charge in [0, 0.05) is 17.5 Å². The molecule has 0 radical (unpaired) electrons. The molecule has 3 atom stereocenters. The lowest BCUT2D eigenvalue weighted by Gasteiger charge is -2.46. The van der Waals surface area contributed by atoms with Crippen LogP contribution < -0.4 is 5.32 Å². The maximum Gasteiger partial charge on any atom is 0.229 e. The Morgan fingerprint density at radius 1 is 1.11 bits per heavy atom. The highest BCUT2D eigenvalue weighted by Gasteiger charge is 2.42. The van der Waals surface area contributed by atoms with E-state index in [2.05, 4.69) is 37.9 Å². The highest BCUT2D eigenvalue weighted by Crippen LogP contribution is 2.36. The van der Waals surface area contributed by atoms with Crippen molar-refractivity contribution in [2.45, 2.75) is 71.9 Å². The zero-order chi connectivity index (χ0) is 14.0. The number of hydrogen-bond donors (Lipinski definition) is 1. The van der Waals surface area contributed by atoms with Crippen LogP contribution in [0.2, 0.25) is 0 Å². The van der Waals surface area contributed by atoms with E-state index < -0.39 is 0 Å². The fourth-order valence-electron chi connectivity index (χ4n) is 3.80. The molecule has 1 N–H and O–H groups in total. The molecular weight excluding hydrogens is 236 g/mol. The third-order valence-electron chi connectivity index (χ3n) is 5.30. The summed E-state index contributed by atoms with van der Waals surface area (Å²) < 4.78 is 0. The zero-order valence-corrected chi connectivity index (χ0v) is 13.0. The fourth-order valence-corrected chi connectivity index (χ4v) is 3.80. The minimum atomic E-state index is -0.229. The molecule has 110 valence electrons. The van der Waals surface area contributed by atoms with Gasteiger partial charge in [-0.1, -0.05) is 13.8 Å². The van der Waals surface area contributed by atoms with Crippen molar-refractivity contribution in [1.29, 1.82) is 0 Å². The second-order valence-corrected chi connectivity index (χ2v) is 7.11. The van der Waals surface area contributed by atoms with Gasteiger partial charge in [-0.25, -0.2) is 0 Å². The number of nitrogens with one attached hydrogen (secondary N) is 1. The normalized spacial score (nSPS) is 33.3. The maximum atomic E-state index is 13.0. The van der Waals surface area contributed by atoms with Gasteiger partial charge < -0.3 is 10.2 Å². The summed E-state index contributed by atoms with van der Waals surface area (Å²) in [5.74, 6) is 0.857. The molecular formula is C16H30N2O. The molecule has 19 heavy (non-hydrogen) atoms. The first-order valence-corrected chi connectivity index (χ1v) is 7.98. The van der Waals surface area contributed by atoms with Crippen molar-refractivity contribution >= 4 is 5.91 Å². The number of hydrogen-bond acceptors (Lipinski definition) is 2. The van der Waals surface area contributed by atoms with E-state index in [1.807, 2.05) is 0 Å². The molecule has 0 aromatic heterocycles. The SMILES string of the molecule is C[C@@H]1CCC[C@H](C)N1C(=O)C(C)(C)C1CCCNC1. The Hall–Kier alpha value is -0.570. The van der Waals surface area contributed by atoms with Crippen molar-refractivity contribution < 1.29 is 4.79 Å². The summed E-state index contributed by atoms with van der Waals surface area (Å²) in [6.07, 6.45) is 5.97. The smallest absolute Gasteiger partial charge is 0.229 e. The molecule has 2 aliphatic heterocycles. The second kappa shape index (κ2) is 5.82. The third kappa shape index (κ3) is 2.96. The first kappa shape index (κ1) is 14.8. The van der Waals surface area contributed by atoms with Gasteiger partial charge in [-0.05, 0) is 65.0 Å². The van der Waals surface area contributed by atoms with Crippen molar-refractivity contribution in [3.05, 3.63) is 0 Å². The summed E-state index contributed by atoms with van der Waals surface area (Å²) in [6.45, 7) is 10.8. The Morgan fingerprint density at radius 2 is 1.74 bits per heavy atom. The molecule has 3 heteroatoms. The number of rotatable bonds is 2. The molecule has 0 bridgehead atoms. The van der Waals surface area contributed by atoms with E-state index >= 15 is 0 Å². The summed E-state index contributed by atoms with van der Waals surface area (Å²) in [4.78, 5) is 15.2. The van der Waals surface area contributed by atoms with E-state index in [1.54, 1.807) is 0 Å². The van der Waals surface area contributed by atoms with E-state index in [4.69, 9.17) is 0 Å². The van der Waals surface area contributed by atoms with E-state index in [9.17, 15) is 4.79 Å². The number of carbonyl (C=O) groups excluding carboxylic acids is 1. The van der Waals surface area contributed by atoms with Crippen LogP contribution in [0.1, 0.15) is 59.8 Å². The predicted molar refractivity (Wildman–Crippen MR) is 79.0 cm³/mol. The van der Waals surface area contributed by atoms with E-state index in [1.165, 1.54) is 19.3 Å². The molecule has 3 nitrogen and oxygen atoms in total. The first-order chi connectivity index (χ1) is 8.94. The average molecular weight is 266 g/mol. The third-order valence-corrected chi connectivity index (χ3v) is 5.30. The van der Waals surface area contributed by atoms with Gasteiger partial charge in [-0.15, -0.1) is 0 Å². The summed E-state index contributed by atoms with van der Waals surface area (Å²) in [5, 5.41) is 3.45. The molecule has 0 aromatic rings. The largest absolute Gasteiger partial charge is 0.337 e. The van der Waals surface area contributed by atoms with Crippen LogP contribution in [-0.2, 0) is 4.79 Å². The van der Waals surface area contributed by atoms with Crippen LogP contribution in [0.5, 0.6) is 0 Å². The van der Waals surface area contributed by atoms with Crippen LogP contribution in [0.4, 0.5) is 0 Å². The Balaban J connectivity index is 2.11.